The lowest BCUT2D eigenvalue weighted by atomic mass is 10.3. The van der Waals surface area contributed by atoms with Crippen LogP contribution in [0.1, 0.15) is 12.8 Å². The van der Waals surface area contributed by atoms with Crippen molar-refractivity contribution in [3.8, 4) is 17.2 Å². The summed E-state index contributed by atoms with van der Waals surface area (Å²) in [5.41, 5.74) is 5.90. The van der Waals surface area contributed by atoms with Crippen molar-refractivity contribution in [2.45, 2.75) is 18.4 Å². The molecular formula is C16H18ClNO2. The molecule has 0 radical (unpaired) electrons. The minimum absolute atomic E-state index is 0. The molecule has 0 bridgehead atoms. The van der Waals surface area contributed by atoms with Crippen LogP contribution in [0.15, 0.2) is 54.6 Å². The lowest BCUT2D eigenvalue weighted by Crippen LogP contribution is -2.29. The summed E-state index contributed by atoms with van der Waals surface area (Å²) in [6.45, 7) is 0.571. The number of hydrogen-bond donors (Lipinski definition) is 1. The van der Waals surface area contributed by atoms with E-state index in [1.54, 1.807) is 0 Å². The highest BCUT2D eigenvalue weighted by atomic mass is 35.5. The van der Waals surface area contributed by atoms with Crippen LogP contribution in [0.5, 0.6) is 17.2 Å². The summed E-state index contributed by atoms with van der Waals surface area (Å²) in [4.78, 5) is 0. The first kappa shape index (κ1) is 14.7. The minimum atomic E-state index is -0.101. The molecule has 3 rings (SSSR count). The van der Waals surface area contributed by atoms with Crippen molar-refractivity contribution in [1.82, 2.24) is 0 Å². The second kappa shape index (κ2) is 6.16. The Morgan fingerprint density at radius 1 is 0.900 bits per heavy atom. The van der Waals surface area contributed by atoms with Crippen molar-refractivity contribution in [1.29, 1.82) is 0 Å². The van der Waals surface area contributed by atoms with Gasteiger partial charge in [0.15, 0.2) is 0 Å². The predicted molar refractivity (Wildman–Crippen MR) is 81.9 cm³/mol. The Balaban J connectivity index is 0.00000147. The SMILES string of the molecule is Cl.NC1(COc2cccc(Oc3ccccc3)c2)CC1. The molecule has 0 heterocycles. The first-order valence-corrected chi connectivity index (χ1v) is 6.48. The first-order valence-electron chi connectivity index (χ1n) is 6.48. The van der Waals surface area contributed by atoms with Gasteiger partial charge < -0.3 is 15.2 Å². The highest BCUT2D eigenvalue weighted by Gasteiger charge is 2.39. The van der Waals surface area contributed by atoms with Crippen molar-refractivity contribution in [3.63, 3.8) is 0 Å². The fourth-order valence-electron chi connectivity index (χ4n) is 1.78. The molecule has 1 saturated carbocycles. The van der Waals surface area contributed by atoms with Crippen molar-refractivity contribution < 1.29 is 9.47 Å². The second-order valence-electron chi connectivity index (χ2n) is 5.04. The van der Waals surface area contributed by atoms with Gasteiger partial charge in [0.1, 0.15) is 23.9 Å². The van der Waals surface area contributed by atoms with E-state index in [0.717, 1.165) is 30.1 Å². The quantitative estimate of drug-likeness (QED) is 0.912. The second-order valence-corrected chi connectivity index (χ2v) is 5.04. The van der Waals surface area contributed by atoms with Gasteiger partial charge >= 0.3 is 0 Å². The Kier molecular flexibility index (Phi) is 4.53. The molecule has 0 amide bonds. The summed E-state index contributed by atoms with van der Waals surface area (Å²) in [6, 6.07) is 17.3. The van der Waals surface area contributed by atoms with Gasteiger partial charge in [-0.25, -0.2) is 0 Å². The Labute approximate surface area is 125 Å². The number of para-hydroxylation sites is 1. The first-order chi connectivity index (χ1) is 9.23. The summed E-state index contributed by atoms with van der Waals surface area (Å²) in [6.07, 6.45) is 2.10. The van der Waals surface area contributed by atoms with E-state index < -0.39 is 0 Å². The Hall–Kier alpha value is -1.71. The largest absolute Gasteiger partial charge is 0.492 e. The lowest BCUT2D eigenvalue weighted by molar-refractivity contribution is 0.278. The van der Waals surface area contributed by atoms with Crippen molar-refractivity contribution in [2.75, 3.05) is 6.61 Å². The lowest BCUT2D eigenvalue weighted by Gasteiger charge is -2.12. The normalized spacial score (nSPS) is 15.1. The predicted octanol–water partition coefficient (Wildman–Crippen LogP) is 3.77. The third kappa shape index (κ3) is 3.89. The maximum atomic E-state index is 6.00. The average molecular weight is 292 g/mol. The van der Waals surface area contributed by atoms with Gasteiger partial charge in [-0.3, -0.25) is 0 Å². The third-order valence-electron chi connectivity index (χ3n) is 3.20. The molecule has 0 atom stereocenters. The highest BCUT2D eigenvalue weighted by Crippen LogP contribution is 2.33. The smallest absolute Gasteiger partial charge is 0.131 e. The Morgan fingerprint density at radius 3 is 2.25 bits per heavy atom. The molecule has 1 aliphatic rings. The van der Waals surface area contributed by atoms with E-state index in [4.69, 9.17) is 15.2 Å². The topological polar surface area (TPSA) is 44.5 Å². The summed E-state index contributed by atoms with van der Waals surface area (Å²) >= 11 is 0. The van der Waals surface area contributed by atoms with Crippen molar-refractivity contribution in [3.05, 3.63) is 54.6 Å². The highest BCUT2D eigenvalue weighted by molar-refractivity contribution is 5.85. The molecule has 1 fully saturated rings. The van der Waals surface area contributed by atoms with Gasteiger partial charge in [0, 0.05) is 6.07 Å². The van der Waals surface area contributed by atoms with Gasteiger partial charge in [-0.05, 0) is 37.1 Å². The molecule has 2 aromatic carbocycles. The standard InChI is InChI=1S/C16H17NO2.ClH/c17-16(9-10-16)12-18-14-7-4-8-15(11-14)19-13-5-2-1-3-6-13;/h1-8,11H,9-10,12,17H2;1H. The summed E-state index contributed by atoms with van der Waals surface area (Å²) in [7, 11) is 0. The van der Waals surface area contributed by atoms with E-state index >= 15 is 0 Å². The maximum Gasteiger partial charge on any atom is 0.131 e. The van der Waals surface area contributed by atoms with Gasteiger partial charge in [-0.2, -0.15) is 0 Å². The van der Waals surface area contributed by atoms with Gasteiger partial charge in [-0.1, -0.05) is 24.3 Å². The summed E-state index contributed by atoms with van der Waals surface area (Å²) < 4.78 is 11.5. The summed E-state index contributed by atoms with van der Waals surface area (Å²) in [5.74, 6) is 2.38. The van der Waals surface area contributed by atoms with Crippen molar-refractivity contribution >= 4 is 12.4 Å². The number of benzene rings is 2. The third-order valence-corrected chi connectivity index (χ3v) is 3.20. The average Bonchev–Trinajstić information content (AvgIpc) is 3.17. The van der Waals surface area contributed by atoms with E-state index in [0.29, 0.717) is 6.61 Å². The van der Waals surface area contributed by atoms with Crippen molar-refractivity contribution in [2.24, 2.45) is 5.73 Å². The number of hydrogen-bond acceptors (Lipinski definition) is 3. The number of rotatable bonds is 5. The molecule has 0 aromatic heterocycles. The van der Waals surface area contributed by atoms with Crippen LogP contribution < -0.4 is 15.2 Å². The van der Waals surface area contributed by atoms with Crippen LogP contribution in [-0.2, 0) is 0 Å². The van der Waals surface area contributed by atoms with Gasteiger partial charge in [-0.15, -0.1) is 12.4 Å². The summed E-state index contributed by atoms with van der Waals surface area (Å²) in [5, 5.41) is 0. The van der Waals surface area contributed by atoms with E-state index in [1.165, 1.54) is 0 Å². The van der Waals surface area contributed by atoms with Gasteiger partial charge in [0.05, 0.1) is 5.54 Å². The number of nitrogens with two attached hydrogens (primary N) is 1. The van der Waals surface area contributed by atoms with E-state index in [2.05, 4.69) is 0 Å². The molecule has 106 valence electrons. The van der Waals surface area contributed by atoms with Gasteiger partial charge in [0.25, 0.3) is 0 Å². The number of ether oxygens (including phenoxy) is 2. The molecule has 3 nitrogen and oxygen atoms in total. The molecular weight excluding hydrogens is 274 g/mol. The Bertz CT molecular complexity index is 555. The van der Waals surface area contributed by atoms with Crippen LogP contribution in [-0.4, -0.2) is 12.1 Å². The molecule has 1 aliphatic carbocycles. The van der Waals surface area contributed by atoms with E-state index in [9.17, 15) is 0 Å². The van der Waals surface area contributed by atoms with Crippen LogP contribution in [0.3, 0.4) is 0 Å². The fourth-order valence-corrected chi connectivity index (χ4v) is 1.78. The zero-order valence-corrected chi connectivity index (χ0v) is 11.9. The van der Waals surface area contributed by atoms with Crippen LogP contribution in [0, 0.1) is 0 Å². The van der Waals surface area contributed by atoms with Crippen LogP contribution >= 0.6 is 12.4 Å². The zero-order chi connectivity index (χ0) is 13.1. The van der Waals surface area contributed by atoms with Crippen LogP contribution in [0.2, 0.25) is 0 Å². The molecule has 2 N–H and O–H groups in total. The molecule has 0 spiro atoms. The molecule has 20 heavy (non-hydrogen) atoms. The minimum Gasteiger partial charge on any atom is -0.492 e. The molecule has 4 heteroatoms. The molecule has 0 saturated heterocycles. The molecule has 0 unspecified atom stereocenters. The van der Waals surface area contributed by atoms with Crippen LogP contribution in [0.4, 0.5) is 0 Å². The number of halogens is 1. The van der Waals surface area contributed by atoms with E-state index in [1.807, 2.05) is 54.6 Å². The van der Waals surface area contributed by atoms with E-state index in [-0.39, 0.29) is 17.9 Å². The van der Waals surface area contributed by atoms with Crippen LogP contribution in [0.25, 0.3) is 0 Å². The monoisotopic (exact) mass is 291 g/mol. The molecule has 0 aliphatic heterocycles. The zero-order valence-electron chi connectivity index (χ0n) is 11.1. The Morgan fingerprint density at radius 2 is 1.55 bits per heavy atom. The fraction of sp³-hybridized carbons (Fsp3) is 0.250. The van der Waals surface area contributed by atoms with Gasteiger partial charge in [0.2, 0.25) is 0 Å². The maximum absolute atomic E-state index is 6.00. The molecule has 2 aromatic rings.